The molecule has 0 aromatic carbocycles. The summed E-state index contributed by atoms with van der Waals surface area (Å²) in [6.07, 6.45) is 10.7. The van der Waals surface area contributed by atoms with Crippen molar-refractivity contribution in [1.29, 1.82) is 5.26 Å². The molecule has 2 N–H and O–H groups in total. The van der Waals surface area contributed by atoms with Crippen molar-refractivity contribution < 1.29 is 15.0 Å². The molecule has 0 spiro atoms. The average Bonchev–Trinajstić information content (AvgIpc) is 2.77. The molecular weight excluding hydrogens is 422 g/mol. The molecule has 186 valence electrons. The average molecular weight is 466 g/mol. The van der Waals surface area contributed by atoms with Gasteiger partial charge in [0.05, 0.1) is 11.7 Å². The van der Waals surface area contributed by atoms with E-state index >= 15 is 0 Å². The van der Waals surface area contributed by atoms with E-state index in [4.69, 9.17) is 0 Å². The second kappa shape index (κ2) is 7.30. The van der Waals surface area contributed by atoms with Crippen LogP contribution in [0.5, 0.6) is 0 Å². The van der Waals surface area contributed by atoms with Crippen molar-refractivity contribution in [2.24, 2.45) is 50.7 Å². The fourth-order valence-electron chi connectivity index (χ4n) is 9.90. The fourth-order valence-corrected chi connectivity index (χ4v) is 9.90. The van der Waals surface area contributed by atoms with Gasteiger partial charge in [-0.05, 0) is 84.4 Å². The smallest absolute Gasteiger partial charge is 0.176 e. The van der Waals surface area contributed by atoms with Crippen molar-refractivity contribution in [2.45, 2.75) is 92.6 Å². The molecule has 4 heteroatoms. The lowest BCUT2D eigenvalue weighted by Crippen LogP contribution is -2.65. The highest BCUT2D eigenvalue weighted by Crippen LogP contribution is 2.74. The van der Waals surface area contributed by atoms with Crippen LogP contribution in [0.25, 0.3) is 0 Å². The Morgan fingerprint density at radius 2 is 1.74 bits per heavy atom. The summed E-state index contributed by atoms with van der Waals surface area (Å²) in [7, 11) is 0. The molecule has 0 aromatic heterocycles. The Kier molecular flexibility index (Phi) is 5.21. The molecule has 0 heterocycles. The van der Waals surface area contributed by atoms with Gasteiger partial charge in [0.2, 0.25) is 0 Å². The first kappa shape index (κ1) is 24.3. The molecule has 3 saturated carbocycles. The van der Waals surface area contributed by atoms with E-state index in [2.05, 4.69) is 46.8 Å². The lowest BCUT2D eigenvalue weighted by atomic mass is 9.34. The number of hydrogen-bond donors (Lipinski definition) is 2. The zero-order chi connectivity index (χ0) is 24.9. The summed E-state index contributed by atoms with van der Waals surface area (Å²) in [5, 5.41) is 32.3. The van der Waals surface area contributed by atoms with Crippen LogP contribution in [0.3, 0.4) is 0 Å². The summed E-state index contributed by atoms with van der Waals surface area (Å²) in [5.74, 6) is 0.378. The number of ketones is 1. The summed E-state index contributed by atoms with van der Waals surface area (Å²) < 4.78 is 0. The van der Waals surface area contributed by atoms with Crippen molar-refractivity contribution in [3.63, 3.8) is 0 Å². The van der Waals surface area contributed by atoms with Crippen LogP contribution in [-0.4, -0.2) is 28.7 Å². The van der Waals surface area contributed by atoms with Crippen molar-refractivity contribution >= 4 is 5.78 Å². The molecule has 5 aliphatic rings. The van der Waals surface area contributed by atoms with Gasteiger partial charge in [-0.1, -0.05) is 59.3 Å². The van der Waals surface area contributed by atoms with Crippen LogP contribution in [0.1, 0.15) is 86.5 Å². The molecule has 34 heavy (non-hydrogen) atoms. The van der Waals surface area contributed by atoms with Crippen LogP contribution < -0.4 is 0 Å². The van der Waals surface area contributed by atoms with Crippen molar-refractivity contribution in [1.82, 2.24) is 0 Å². The van der Waals surface area contributed by atoms with Crippen LogP contribution in [0.2, 0.25) is 0 Å². The molecule has 0 bridgehead atoms. The molecule has 0 radical (unpaired) electrons. The van der Waals surface area contributed by atoms with Gasteiger partial charge in [0.25, 0.3) is 0 Å². The Balaban J connectivity index is 1.67. The third-order valence-corrected chi connectivity index (χ3v) is 12.2. The highest BCUT2D eigenvalue weighted by atomic mass is 16.3. The molecule has 5 aliphatic carbocycles. The first-order valence-electron chi connectivity index (χ1n) is 13.5. The quantitative estimate of drug-likeness (QED) is 0.494. The summed E-state index contributed by atoms with van der Waals surface area (Å²) in [6, 6.07) is 2.18. The maximum Gasteiger partial charge on any atom is 0.176 e. The first-order valence-corrected chi connectivity index (χ1v) is 13.5. The third kappa shape index (κ3) is 2.86. The molecule has 0 saturated heterocycles. The first-order chi connectivity index (χ1) is 15.8. The number of rotatable bonds is 1. The number of allylic oxidation sites excluding steroid dienone is 3. The van der Waals surface area contributed by atoms with E-state index in [1.807, 2.05) is 13.0 Å². The minimum Gasteiger partial charge on any atom is -0.396 e. The lowest BCUT2D eigenvalue weighted by molar-refractivity contribution is -0.193. The van der Waals surface area contributed by atoms with Gasteiger partial charge in [0, 0.05) is 17.9 Å². The predicted molar refractivity (Wildman–Crippen MR) is 132 cm³/mol. The molecule has 0 amide bonds. The molecule has 0 aliphatic heterocycles. The number of fused-ring (bicyclic) bond motifs is 7. The van der Waals surface area contributed by atoms with E-state index in [-0.39, 0.29) is 57.4 Å². The number of aliphatic hydroxyl groups excluding tert-OH is 2. The van der Waals surface area contributed by atoms with Gasteiger partial charge in [-0.15, -0.1) is 0 Å². The van der Waals surface area contributed by atoms with Gasteiger partial charge in [0.15, 0.2) is 5.78 Å². The number of nitrogens with zero attached hydrogens (tertiary/aromatic N) is 1. The van der Waals surface area contributed by atoms with Crippen LogP contribution in [0, 0.1) is 62.1 Å². The van der Waals surface area contributed by atoms with Gasteiger partial charge in [-0.2, -0.15) is 5.26 Å². The summed E-state index contributed by atoms with van der Waals surface area (Å²) in [6.45, 7) is 13.9. The number of hydrogen-bond acceptors (Lipinski definition) is 4. The monoisotopic (exact) mass is 465 g/mol. The van der Waals surface area contributed by atoms with E-state index < -0.39 is 11.5 Å². The van der Waals surface area contributed by atoms with Crippen LogP contribution >= 0.6 is 0 Å². The molecule has 0 aromatic rings. The molecule has 5 rings (SSSR count). The standard InChI is InChI=1S/C30H43NO3/c1-18-20-7-8-28(5)23(27(20,4)14-19(16-31)25(18)34)13-22(33)24-21-15-26(2,3)9-11-30(21,17-32)12-10-29(24,28)6/h13-14,18,20-22,24,32-33H,7-12,15,17H2,1-6H3. The Hall–Kier alpha value is -1.44. The largest absolute Gasteiger partial charge is 0.396 e. The highest BCUT2D eigenvalue weighted by Gasteiger charge is 2.68. The van der Waals surface area contributed by atoms with Crippen LogP contribution in [-0.2, 0) is 4.79 Å². The van der Waals surface area contributed by atoms with Crippen molar-refractivity contribution in [3.05, 3.63) is 23.3 Å². The summed E-state index contributed by atoms with van der Waals surface area (Å²) in [5.41, 5.74) is 1.09. The van der Waals surface area contributed by atoms with E-state index in [9.17, 15) is 20.3 Å². The highest BCUT2D eigenvalue weighted by molar-refractivity contribution is 6.02. The second-order valence-electron chi connectivity index (χ2n) is 14.1. The van der Waals surface area contributed by atoms with E-state index in [0.717, 1.165) is 44.9 Å². The van der Waals surface area contributed by atoms with Crippen LogP contribution in [0.15, 0.2) is 23.3 Å². The normalized spacial score (nSPS) is 51.6. The number of Topliss-reactive ketones (excluding diaryl/α,β-unsaturated/α-hetero) is 1. The maximum atomic E-state index is 12.9. The van der Waals surface area contributed by atoms with Gasteiger partial charge in [0.1, 0.15) is 6.07 Å². The molecular formula is C30H43NO3. The predicted octanol–water partition coefficient (Wildman–Crippen LogP) is 5.60. The Morgan fingerprint density at radius 3 is 2.38 bits per heavy atom. The van der Waals surface area contributed by atoms with Gasteiger partial charge in [-0.3, -0.25) is 4.79 Å². The van der Waals surface area contributed by atoms with E-state index in [1.54, 1.807) is 0 Å². The number of nitriles is 1. The zero-order valence-corrected chi connectivity index (χ0v) is 21.9. The minimum absolute atomic E-state index is 0.0237. The molecule has 9 unspecified atom stereocenters. The topological polar surface area (TPSA) is 81.3 Å². The fraction of sp³-hybridized carbons (Fsp3) is 0.800. The summed E-state index contributed by atoms with van der Waals surface area (Å²) in [4.78, 5) is 12.9. The Labute approximate surface area is 205 Å². The van der Waals surface area contributed by atoms with E-state index in [0.29, 0.717) is 5.92 Å². The van der Waals surface area contributed by atoms with Crippen LogP contribution in [0.4, 0.5) is 0 Å². The van der Waals surface area contributed by atoms with E-state index in [1.165, 1.54) is 5.57 Å². The van der Waals surface area contributed by atoms with Gasteiger partial charge >= 0.3 is 0 Å². The molecule has 4 nitrogen and oxygen atoms in total. The molecule has 9 atom stereocenters. The number of carbonyl (C=O) groups is 1. The number of carbonyl (C=O) groups excluding carboxylic acids is 1. The Bertz CT molecular complexity index is 1020. The zero-order valence-electron chi connectivity index (χ0n) is 21.9. The lowest BCUT2D eigenvalue weighted by Gasteiger charge is -2.70. The molecule has 3 fully saturated rings. The van der Waals surface area contributed by atoms with Gasteiger partial charge < -0.3 is 10.2 Å². The SMILES string of the molecule is CC1C(=O)C(C#N)=CC2(C)C3=CC(O)C4C5CC(C)(C)CCC5(CO)CCC4(C)C3(C)CCC12. The summed E-state index contributed by atoms with van der Waals surface area (Å²) >= 11 is 0. The maximum absolute atomic E-state index is 12.9. The van der Waals surface area contributed by atoms with Crippen molar-refractivity contribution in [2.75, 3.05) is 6.61 Å². The third-order valence-electron chi connectivity index (χ3n) is 12.2. The number of aliphatic hydroxyl groups is 2. The Morgan fingerprint density at radius 1 is 1.06 bits per heavy atom. The minimum atomic E-state index is -0.569. The van der Waals surface area contributed by atoms with Gasteiger partial charge in [-0.25, -0.2) is 0 Å². The second-order valence-corrected chi connectivity index (χ2v) is 14.1. The van der Waals surface area contributed by atoms with Crippen molar-refractivity contribution in [3.8, 4) is 6.07 Å².